The van der Waals surface area contributed by atoms with E-state index < -0.39 is 0 Å². The Morgan fingerprint density at radius 3 is 2.64 bits per heavy atom. The number of rotatable bonds is 5. The number of nitrogens with one attached hydrogen (secondary N) is 2. The number of hydrogen-bond donors (Lipinski definition) is 2. The number of aryl methyl sites for hydroxylation is 2. The van der Waals surface area contributed by atoms with Gasteiger partial charge in [-0.05, 0) is 61.1 Å². The van der Waals surface area contributed by atoms with E-state index in [1.165, 1.54) is 0 Å². The van der Waals surface area contributed by atoms with E-state index >= 15 is 0 Å². The van der Waals surface area contributed by atoms with Crippen LogP contribution < -0.4 is 15.5 Å². The van der Waals surface area contributed by atoms with Crippen LogP contribution >= 0.6 is 0 Å². The van der Waals surface area contributed by atoms with Crippen LogP contribution in [0.25, 0.3) is 22.2 Å². The maximum atomic E-state index is 13.5. The summed E-state index contributed by atoms with van der Waals surface area (Å²) in [6, 6.07) is 16.3. The van der Waals surface area contributed by atoms with Crippen LogP contribution in [0, 0.1) is 18.8 Å². The van der Waals surface area contributed by atoms with Crippen molar-refractivity contribution in [2.45, 2.75) is 19.9 Å². The minimum absolute atomic E-state index is 0.0493. The average molecular weight is 481 g/mol. The molecule has 0 spiro atoms. The van der Waals surface area contributed by atoms with Crippen LogP contribution in [-0.2, 0) is 7.05 Å². The summed E-state index contributed by atoms with van der Waals surface area (Å²) in [5, 5.41) is 12.1. The summed E-state index contributed by atoms with van der Waals surface area (Å²) >= 11 is 0. The standard InChI is InChI=1S/C29H32N6O/c1-18-8-9-23(35-16-20-12-30-13-21(20)17-35)10-25(18)29(36)32-19(2)26-11-28(22-14-31-34(3)15-22)33-27-7-5-4-6-24(26)27/h4-11,14-15,19-21,30H,12-13,16-17H2,1-3H3,(H,32,36)/t19-,20?,21?/m1/s1. The van der Waals surface area contributed by atoms with Crippen molar-refractivity contribution in [2.24, 2.45) is 18.9 Å². The molecule has 2 fully saturated rings. The zero-order chi connectivity index (χ0) is 24.8. The number of pyridine rings is 1. The lowest BCUT2D eigenvalue weighted by molar-refractivity contribution is 0.0939. The summed E-state index contributed by atoms with van der Waals surface area (Å²) in [4.78, 5) is 20.8. The van der Waals surface area contributed by atoms with Gasteiger partial charge < -0.3 is 15.5 Å². The van der Waals surface area contributed by atoms with Crippen LogP contribution in [0.4, 0.5) is 5.69 Å². The Kier molecular flexibility index (Phi) is 5.72. The minimum Gasteiger partial charge on any atom is -0.371 e. The van der Waals surface area contributed by atoms with E-state index in [2.05, 4.69) is 51.0 Å². The van der Waals surface area contributed by atoms with E-state index in [9.17, 15) is 4.79 Å². The van der Waals surface area contributed by atoms with Crippen molar-refractivity contribution in [2.75, 3.05) is 31.1 Å². The maximum Gasteiger partial charge on any atom is 0.252 e. The fourth-order valence-corrected chi connectivity index (χ4v) is 5.73. The van der Waals surface area contributed by atoms with Gasteiger partial charge in [0.15, 0.2) is 0 Å². The number of amides is 1. The van der Waals surface area contributed by atoms with Crippen molar-refractivity contribution in [3.63, 3.8) is 0 Å². The highest BCUT2D eigenvalue weighted by Gasteiger charge is 2.36. The molecule has 2 aliphatic rings. The summed E-state index contributed by atoms with van der Waals surface area (Å²) in [6.07, 6.45) is 3.78. The van der Waals surface area contributed by atoms with Crippen LogP contribution in [0.5, 0.6) is 0 Å². The van der Waals surface area contributed by atoms with Gasteiger partial charge in [-0.15, -0.1) is 0 Å². The monoisotopic (exact) mass is 480 g/mol. The van der Waals surface area contributed by atoms with Gasteiger partial charge >= 0.3 is 0 Å². The van der Waals surface area contributed by atoms with Gasteiger partial charge in [0, 0.05) is 61.6 Å². The van der Waals surface area contributed by atoms with E-state index in [1.54, 1.807) is 4.68 Å². The molecule has 184 valence electrons. The lowest BCUT2D eigenvalue weighted by atomic mass is 9.99. The first kappa shape index (κ1) is 22.7. The molecule has 2 aromatic heterocycles. The second-order valence-electron chi connectivity index (χ2n) is 10.3. The highest BCUT2D eigenvalue weighted by molar-refractivity contribution is 5.97. The number of benzene rings is 2. The molecular formula is C29H32N6O. The smallest absolute Gasteiger partial charge is 0.252 e. The number of carbonyl (C=O) groups excluding carboxylic acids is 1. The number of nitrogens with zero attached hydrogens (tertiary/aromatic N) is 4. The molecule has 4 heterocycles. The number of fused-ring (bicyclic) bond motifs is 2. The summed E-state index contributed by atoms with van der Waals surface area (Å²) in [5.74, 6) is 1.36. The number of aromatic nitrogens is 3. The molecule has 0 saturated carbocycles. The predicted molar refractivity (Wildman–Crippen MR) is 143 cm³/mol. The van der Waals surface area contributed by atoms with Gasteiger partial charge in [0.2, 0.25) is 0 Å². The van der Waals surface area contributed by atoms with Crippen molar-refractivity contribution in [1.82, 2.24) is 25.4 Å². The van der Waals surface area contributed by atoms with Crippen LogP contribution in [0.15, 0.2) is 60.9 Å². The first-order chi connectivity index (χ1) is 17.5. The number of anilines is 1. The van der Waals surface area contributed by atoms with Gasteiger partial charge in [-0.1, -0.05) is 24.3 Å². The summed E-state index contributed by atoms with van der Waals surface area (Å²) in [7, 11) is 1.90. The maximum absolute atomic E-state index is 13.5. The number of hydrogen-bond acceptors (Lipinski definition) is 5. The molecule has 7 heteroatoms. The Morgan fingerprint density at radius 1 is 1.11 bits per heavy atom. The molecule has 2 N–H and O–H groups in total. The van der Waals surface area contributed by atoms with Gasteiger partial charge in [0.25, 0.3) is 5.91 Å². The first-order valence-corrected chi connectivity index (χ1v) is 12.7. The molecule has 0 aliphatic carbocycles. The summed E-state index contributed by atoms with van der Waals surface area (Å²) in [6.45, 7) is 8.35. The van der Waals surface area contributed by atoms with Crippen LogP contribution in [0.2, 0.25) is 0 Å². The van der Waals surface area contributed by atoms with E-state index in [1.807, 2.05) is 51.5 Å². The molecule has 0 radical (unpaired) electrons. The summed E-state index contributed by atoms with van der Waals surface area (Å²) in [5.41, 5.74) is 6.62. The molecule has 36 heavy (non-hydrogen) atoms. The second kappa shape index (κ2) is 9.06. The summed E-state index contributed by atoms with van der Waals surface area (Å²) < 4.78 is 1.77. The van der Waals surface area contributed by atoms with E-state index in [0.717, 1.165) is 70.7 Å². The van der Waals surface area contributed by atoms with E-state index in [-0.39, 0.29) is 11.9 Å². The molecule has 6 rings (SSSR count). The number of para-hydroxylation sites is 1. The Labute approximate surface area is 211 Å². The van der Waals surface area contributed by atoms with Crippen LogP contribution in [0.1, 0.15) is 34.5 Å². The Bertz CT molecular complexity index is 1430. The van der Waals surface area contributed by atoms with E-state index in [4.69, 9.17) is 4.98 Å². The first-order valence-electron chi connectivity index (χ1n) is 12.7. The van der Waals surface area contributed by atoms with Crippen molar-refractivity contribution < 1.29 is 4.79 Å². The third kappa shape index (κ3) is 4.13. The molecule has 3 atom stereocenters. The molecule has 1 amide bonds. The van der Waals surface area contributed by atoms with Crippen molar-refractivity contribution in [1.29, 1.82) is 0 Å². The molecule has 2 aromatic carbocycles. The average Bonchev–Trinajstić information content (AvgIpc) is 3.60. The van der Waals surface area contributed by atoms with Crippen molar-refractivity contribution in [3.05, 3.63) is 77.6 Å². The third-order valence-electron chi connectivity index (χ3n) is 7.78. The van der Waals surface area contributed by atoms with Gasteiger partial charge in [0.05, 0.1) is 23.4 Å². The highest BCUT2D eigenvalue weighted by atomic mass is 16.1. The lowest BCUT2D eigenvalue weighted by Crippen LogP contribution is -2.29. The Hall–Kier alpha value is -3.71. The molecule has 7 nitrogen and oxygen atoms in total. The SMILES string of the molecule is Cc1ccc(N2CC3CNCC3C2)cc1C(=O)N[C@H](C)c1cc(-c2cnn(C)c2)nc2ccccc12. The van der Waals surface area contributed by atoms with Gasteiger partial charge in [0.1, 0.15) is 0 Å². The largest absolute Gasteiger partial charge is 0.371 e. The quantitative estimate of drug-likeness (QED) is 0.450. The lowest BCUT2D eigenvalue weighted by Gasteiger charge is -2.22. The minimum atomic E-state index is -0.193. The Balaban J connectivity index is 1.28. The third-order valence-corrected chi connectivity index (χ3v) is 7.78. The second-order valence-corrected chi connectivity index (χ2v) is 10.3. The Morgan fingerprint density at radius 2 is 1.89 bits per heavy atom. The fraction of sp³-hybridized carbons (Fsp3) is 0.345. The number of carbonyl (C=O) groups is 1. The molecule has 2 unspecified atom stereocenters. The molecular weight excluding hydrogens is 448 g/mol. The zero-order valence-electron chi connectivity index (χ0n) is 21.0. The normalized spacial score (nSPS) is 20.0. The molecule has 4 aromatic rings. The van der Waals surface area contributed by atoms with Gasteiger partial charge in [-0.25, -0.2) is 4.98 Å². The van der Waals surface area contributed by atoms with Crippen molar-refractivity contribution in [3.8, 4) is 11.3 Å². The van der Waals surface area contributed by atoms with E-state index in [0.29, 0.717) is 11.8 Å². The van der Waals surface area contributed by atoms with Crippen LogP contribution in [0.3, 0.4) is 0 Å². The van der Waals surface area contributed by atoms with Crippen molar-refractivity contribution >= 4 is 22.5 Å². The predicted octanol–water partition coefficient (Wildman–Crippen LogP) is 4.09. The van der Waals surface area contributed by atoms with Gasteiger partial charge in [-0.2, -0.15) is 5.10 Å². The molecule has 2 aliphatic heterocycles. The molecule has 2 saturated heterocycles. The fourth-order valence-electron chi connectivity index (χ4n) is 5.73. The van der Waals surface area contributed by atoms with Gasteiger partial charge in [-0.3, -0.25) is 9.48 Å². The zero-order valence-corrected chi connectivity index (χ0v) is 21.0. The molecule has 0 bridgehead atoms. The van der Waals surface area contributed by atoms with Crippen LogP contribution in [-0.4, -0.2) is 46.9 Å². The topological polar surface area (TPSA) is 75.1 Å². The highest BCUT2D eigenvalue weighted by Crippen LogP contribution is 2.32.